The molecule has 2 aromatic heterocycles. The Hall–Kier alpha value is -1.20. The number of hydrogen-bond donors (Lipinski definition) is 0. The molecule has 0 unspecified atom stereocenters. The average molecular weight is 252 g/mol. The van der Waals surface area contributed by atoms with Crippen LogP contribution in [0.25, 0.3) is 11.0 Å². The van der Waals surface area contributed by atoms with Gasteiger partial charge in [0.25, 0.3) is 0 Å². The van der Waals surface area contributed by atoms with E-state index < -0.39 is 0 Å². The van der Waals surface area contributed by atoms with Crippen LogP contribution in [0.2, 0.25) is 5.28 Å². The molecule has 5 nitrogen and oxygen atoms in total. The van der Waals surface area contributed by atoms with Crippen LogP contribution in [0, 0.1) is 0 Å². The lowest BCUT2D eigenvalue weighted by atomic mass is 10.1. The quantitative estimate of drug-likeness (QED) is 0.725. The summed E-state index contributed by atoms with van der Waals surface area (Å²) in [5.41, 5.74) is 0.838. The normalized spacial score (nSPS) is 22.1. The minimum Gasteiger partial charge on any atom is -0.304 e. The van der Waals surface area contributed by atoms with Crippen molar-refractivity contribution in [1.82, 2.24) is 24.6 Å². The second kappa shape index (κ2) is 4.23. The van der Waals surface area contributed by atoms with Crippen molar-refractivity contribution >= 4 is 22.6 Å². The fraction of sp³-hybridized carbons (Fsp3) is 0.545. The summed E-state index contributed by atoms with van der Waals surface area (Å²) >= 11 is 5.84. The summed E-state index contributed by atoms with van der Waals surface area (Å²) in [6, 6.07) is 0.386. The van der Waals surface area contributed by atoms with Gasteiger partial charge in [-0.15, -0.1) is 0 Å². The summed E-state index contributed by atoms with van der Waals surface area (Å²) < 4.78 is 1.98. The van der Waals surface area contributed by atoms with Gasteiger partial charge in [-0.05, 0) is 38.0 Å². The Labute approximate surface area is 104 Å². The van der Waals surface area contributed by atoms with Crippen LogP contribution in [0.15, 0.2) is 12.4 Å². The largest absolute Gasteiger partial charge is 0.304 e. The summed E-state index contributed by atoms with van der Waals surface area (Å²) in [4.78, 5) is 10.6. The Kier molecular flexibility index (Phi) is 2.72. The van der Waals surface area contributed by atoms with Crippen molar-refractivity contribution in [2.24, 2.45) is 0 Å². The van der Waals surface area contributed by atoms with Crippen LogP contribution >= 0.6 is 11.6 Å². The molecule has 3 heterocycles. The number of halogens is 1. The molecule has 6 heteroatoms. The Morgan fingerprint density at radius 2 is 2.29 bits per heavy atom. The lowest BCUT2D eigenvalue weighted by Gasteiger charge is -2.29. The van der Waals surface area contributed by atoms with Crippen LogP contribution in [0.1, 0.15) is 18.9 Å². The molecule has 0 amide bonds. The van der Waals surface area contributed by atoms with E-state index >= 15 is 0 Å². The molecule has 17 heavy (non-hydrogen) atoms. The second-order valence-corrected chi connectivity index (χ2v) is 4.90. The number of likely N-dealkylation sites (N-methyl/N-ethyl adjacent to an activating group) is 1. The minimum atomic E-state index is 0.281. The molecule has 1 saturated heterocycles. The predicted octanol–water partition coefficient (Wildman–Crippen LogP) is 1.75. The SMILES string of the molecule is CN1CCC[C@@H](n2ncc3cnc(Cl)nc32)C1. The van der Waals surface area contributed by atoms with Crippen LogP contribution < -0.4 is 0 Å². The highest BCUT2D eigenvalue weighted by atomic mass is 35.5. The average Bonchev–Trinajstić information content (AvgIpc) is 2.71. The zero-order valence-electron chi connectivity index (χ0n) is 9.67. The van der Waals surface area contributed by atoms with Crippen molar-refractivity contribution in [2.75, 3.05) is 20.1 Å². The molecule has 0 radical (unpaired) electrons. The first kappa shape index (κ1) is 10.9. The van der Waals surface area contributed by atoms with Gasteiger partial charge in [-0.2, -0.15) is 10.1 Å². The maximum atomic E-state index is 5.84. The molecule has 0 N–H and O–H groups in total. The standard InChI is InChI=1S/C11H14ClN5/c1-16-4-2-3-9(7-16)17-10-8(6-14-17)5-13-11(12)15-10/h5-6,9H,2-4,7H2,1H3/t9-/m1/s1. The van der Waals surface area contributed by atoms with E-state index in [1.807, 2.05) is 4.68 Å². The summed E-state index contributed by atoms with van der Waals surface area (Å²) in [7, 11) is 2.14. The molecular formula is C11H14ClN5. The zero-order valence-corrected chi connectivity index (χ0v) is 10.4. The van der Waals surface area contributed by atoms with Crippen LogP contribution in [0.3, 0.4) is 0 Å². The van der Waals surface area contributed by atoms with Gasteiger partial charge in [0.05, 0.1) is 17.6 Å². The molecule has 0 saturated carbocycles. The Balaban J connectivity index is 2.01. The molecule has 1 atom stereocenters. The van der Waals surface area contributed by atoms with Crippen molar-refractivity contribution in [2.45, 2.75) is 18.9 Å². The van der Waals surface area contributed by atoms with Crippen LogP contribution in [-0.4, -0.2) is 44.8 Å². The number of rotatable bonds is 1. The summed E-state index contributed by atoms with van der Waals surface area (Å²) in [6.07, 6.45) is 5.87. The number of nitrogens with zero attached hydrogens (tertiary/aromatic N) is 5. The van der Waals surface area contributed by atoms with Gasteiger partial charge in [-0.1, -0.05) is 0 Å². The lowest BCUT2D eigenvalue weighted by Crippen LogP contribution is -2.34. The molecule has 1 fully saturated rings. The van der Waals surface area contributed by atoms with Crippen molar-refractivity contribution in [1.29, 1.82) is 0 Å². The predicted molar refractivity (Wildman–Crippen MR) is 66.1 cm³/mol. The number of fused-ring (bicyclic) bond motifs is 1. The summed E-state index contributed by atoms with van der Waals surface area (Å²) in [5, 5.41) is 5.65. The van der Waals surface area contributed by atoms with E-state index in [1.54, 1.807) is 12.4 Å². The van der Waals surface area contributed by atoms with E-state index in [1.165, 1.54) is 6.42 Å². The number of hydrogen-bond acceptors (Lipinski definition) is 4. The number of piperidine rings is 1. The van der Waals surface area contributed by atoms with E-state index in [-0.39, 0.29) is 5.28 Å². The fourth-order valence-corrected chi connectivity index (χ4v) is 2.55. The van der Waals surface area contributed by atoms with Gasteiger partial charge < -0.3 is 4.90 Å². The molecule has 1 aliphatic heterocycles. The Morgan fingerprint density at radius 1 is 1.41 bits per heavy atom. The van der Waals surface area contributed by atoms with Crippen molar-refractivity contribution in [3.8, 4) is 0 Å². The zero-order chi connectivity index (χ0) is 11.8. The number of aromatic nitrogens is 4. The van der Waals surface area contributed by atoms with E-state index in [9.17, 15) is 0 Å². The van der Waals surface area contributed by atoms with Crippen LogP contribution in [0.5, 0.6) is 0 Å². The van der Waals surface area contributed by atoms with E-state index in [2.05, 4.69) is 27.0 Å². The van der Waals surface area contributed by atoms with Gasteiger partial charge in [-0.3, -0.25) is 0 Å². The molecular weight excluding hydrogens is 238 g/mol. The van der Waals surface area contributed by atoms with Gasteiger partial charge in [-0.25, -0.2) is 9.67 Å². The first-order valence-corrected chi connectivity index (χ1v) is 6.16. The van der Waals surface area contributed by atoms with Crippen molar-refractivity contribution < 1.29 is 0 Å². The first-order valence-electron chi connectivity index (χ1n) is 5.78. The molecule has 0 bridgehead atoms. The lowest BCUT2D eigenvalue weighted by molar-refractivity contribution is 0.205. The molecule has 0 aromatic carbocycles. The van der Waals surface area contributed by atoms with Gasteiger partial charge in [0, 0.05) is 12.7 Å². The highest BCUT2D eigenvalue weighted by Crippen LogP contribution is 2.23. The van der Waals surface area contributed by atoms with Crippen molar-refractivity contribution in [3.05, 3.63) is 17.7 Å². The third-order valence-corrected chi connectivity index (χ3v) is 3.43. The summed E-state index contributed by atoms with van der Waals surface area (Å²) in [5.74, 6) is 0. The smallest absolute Gasteiger partial charge is 0.224 e. The van der Waals surface area contributed by atoms with E-state index in [4.69, 9.17) is 11.6 Å². The highest BCUT2D eigenvalue weighted by molar-refractivity contribution is 6.28. The molecule has 3 rings (SSSR count). The summed E-state index contributed by atoms with van der Waals surface area (Å²) in [6.45, 7) is 2.17. The van der Waals surface area contributed by atoms with E-state index in [0.717, 1.165) is 30.5 Å². The van der Waals surface area contributed by atoms with Gasteiger partial charge in [0.2, 0.25) is 5.28 Å². The first-order chi connectivity index (χ1) is 8.24. The topological polar surface area (TPSA) is 46.8 Å². The highest BCUT2D eigenvalue weighted by Gasteiger charge is 2.21. The van der Waals surface area contributed by atoms with Gasteiger partial charge in [0.15, 0.2) is 5.65 Å². The van der Waals surface area contributed by atoms with Gasteiger partial charge >= 0.3 is 0 Å². The third kappa shape index (κ3) is 2.00. The molecule has 90 valence electrons. The third-order valence-electron chi connectivity index (χ3n) is 3.25. The van der Waals surface area contributed by atoms with E-state index in [0.29, 0.717) is 6.04 Å². The second-order valence-electron chi connectivity index (χ2n) is 4.57. The van der Waals surface area contributed by atoms with Crippen LogP contribution in [-0.2, 0) is 0 Å². The molecule has 1 aliphatic rings. The number of likely N-dealkylation sites (tertiary alicyclic amines) is 1. The van der Waals surface area contributed by atoms with Crippen LogP contribution in [0.4, 0.5) is 0 Å². The molecule has 0 aliphatic carbocycles. The molecule has 2 aromatic rings. The van der Waals surface area contributed by atoms with Gasteiger partial charge in [0.1, 0.15) is 0 Å². The monoisotopic (exact) mass is 251 g/mol. The Bertz CT molecular complexity index is 538. The van der Waals surface area contributed by atoms with Crippen molar-refractivity contribution in [3.63, 3.8) is 0 Å². The maximum Gasteiger partial charge on any atom is 0.224 e. The Morgan fingerprint density at radius 3 is 3.12 bits per heavy atom. The minimum absolute atomic E-state index is 0.281. The fourth-order valence-electron chi connectivity index (χ4n) is 2.42. The maximum absolute atomic E-state index is 5.84. The molecule has 0 spiro atoms.